The van der Waals surface area contributed by atoms with Crippen molar-refractivity contribution < 1.29 is 4.55 Å². The molecule has 0 aromatic heterocycles. The van der Waals surface area contributed by atoms with Gasteiger partial charge in [-0.05, 0) is 24.9 Å². The lowest BCUT2D eigenvalue weighted by atomic mass is 10.3. The average Bonchev–Trinajstić information content (AvgIpc) is 1.69. The summed E-state index contributed by atoms with van der Waals surface area (Å²) in [5, 5.41) is 0. The monoisotopic (exact) mass is 119 g/mol. The van der Waals surface area contributed by atoms with Gasteiger partial charge in [0.25, 0.3) is 0 Å². The predicted octanol–water partition coefficient (Wildman–Crippen LogP) is 2.20. The molecule has 0 aliphatic carbocycles. The minimum absolute atomic E-state index is 0.857. The maximum atomic E-state index is 8.19. The third kappa shape index (κ3) is 6.18. The molecule has 0 spiro atoms. The number of hydrogen-bond acceptors (Lipinski definition) is 2. The van der Waals surface area contributed by atoms with E-state index in [1.807, 2.05) is 0 Å². The summed E-state index contributed by atoms with van der Waals surface area (Å²) >= 11 is 0.914. The molecule has 0 bridgehead atoms. The summed E-state index contributed by atoms with van der Waals surface area (Å²) in [5.41, 5.74) is 0. The Bertz CT molecular complexity index is 27.3. The highest BCUT2D eigenvalue weighted by Gasteiger charge is 1.85. The zero-order chi connectivity index (χ0) is 5.54. The maximum Gasteiger partial charge on any atom is 0.0851 e. The van der Waals surface area contributed by atoms with E-state index in [-0.39, 0.29) is 0 Å². The Morgan fingerprint density at radius 3 is 2.57 bits per heavy atom. The number of hydrogen-bond donors (Lipinski definition) is 1. The van der Waals surface area contributed by atoms with Crippen molar-refractivity contribution >= 4 is 12.0 Å². The van der Waals surface area contributed by atoms with Crippen molar-refractivity contribution in [3.05, 3.63) is 6.92 Å². The quantitative estimate of drug-likeness (QED) is 0.348. The van der Waals surface area contributed by atoms with Gasteiger partial charge in [0.15, 0.2) is 0 Å². The summed E-state index contributed by atoms with van der Waals surface area (Å²) in [6, 6.07) is 0. The summed E-state index contributed by atoms with van der Waals surface area (Å²) in [7, 11) is 0. The molecule has 7 heavy (non-hydrogen) atoms. The van der Waals surface area contributed by atoms with Crippen LogP contribution in [0.1, 0.15) is 19.3 Å². The van der Waals surface area contributed by atoms with Gasteiger partial charge < -0.3 is 4.55 Å². The molecular formula is C5H11OS+. The lowest BCUT2D eigenvalue weighted by molar-refractivity contribution is 0.658. The van der Waals surface area contributed by atoms with E-state index in [1.165, 1.54) is 0 Å². The van der Waals surface area contributed by atoms with Crippen LogP contribution in [-0.2, 0) is 0 Å². The molecule has 0 heterocycles. The molecule has 42 valence electrons. The Balaban J connectivity index is 2.45. The van der Waals surface area contributed by atoms with Gasteiger partial charge in [-0.15, -0.1) is 0 Å². The molecule has 0 rings (SSSR count). The molecule has 0 unspecified atom stereocenters. The Labute approximate surface area is 49.3 Å². The molecule has 0 aromatic carbocycles. The molecule has 0 saturated carbocycles. The van der Waals surface area contributed by atoms with Crippen LogP contribution in [0, 0.1) is 6.92 Å². The zero-order valence-corrected chi connectivity index (χ0v) is 5.21. The van der Waals surface area contributed by atoms with Crippen LogP contribution in [0.5, 0.6) is 0 Å². The Morgan fingerprint density at radius 1 is 1.43 bits per heavy atom. The van der Waals surface area contributed by atoms with Crippen LogP contribution >= 0.6 is 12.0 Å². The van der Waals surface area contributed by atoms with Crippen molar-refractivity contribution in [2.24, 2.45) is 0 Å². The minimum atomic E-state index is 0.857. The van der Waals surface area contributed by atoms with Crippen molar-refractivity contribution in [3.8, 4) is 0 Å². The molecule has 1 nitrogen and oxygen atoms in total. The second-order valence-electron chi connectivity index (χ2n) is 1.39. The van der Waals surface area contributed by atoms with Gasteiger partial charge in [-0.2, -0.15) is 0 Å². The van der Waals surface area contributed by atoms with Crippen LogP contribution in [-0.4, -0.2) is 10.3 Å². The topological polar surface area (TPSA) is 20.2 Å². The molecule has 0 saturated heterocycles. The SMILES string of the molecule is [CH2+]CCCCSO. The molecule has 0 atom stereocenters. The predicted molar refractivity (Wildman–Crippen MR) is 34.3 cm³/mol. The summed E-state index contributed by atoms with van der Waals surface area (Å²) in [6.07, 6.45) is 3.21. The Hall–Kier alpha value is 0.180. The van der Waals surface area contributed by atoms with Crippen LogP contribution in [0.4, 0.5) is 0 Å². The average molecular weight is 119 g/mol. The molecule has 0 amide bonds. The van der Waals surface area contributed by atoms with Crippen molar-refractivity contribution in [1.82, 2.24) is 0 Å². The van der Waals surface area contributed by atoms with Crippen molar-refractivity contribution in [3.63, 3.8) is 0 Å². The molecule has 0 aliphatic rings. The number of rotatable bonds is 4. The zero-order valence-electron chi connectivity index (χ0n) is 4.39. The van der Waals surface area contributed by atoms with Gasteiger partial charge in [0.05, 0.1) is 13.3 Å². The van der Waals surface area contributed by atoms with Gasteiger partial charge in [-0.1, -0.05) is 0 Å². The highest BCUT2D eigenvalue weighted by Crippen LogP contribution is 1.99. The van der Waals surface area contributed by atoms with Crippen molar-refractivity contribution in [2.75, 3.05) is 5.75 Å². The van der Waals surface area contributed by atoms with Gasteiger partial charge in [-0.3, -0.25) is 0 Å². The molecule has 0 fully saturated rings. The van der Waals surface area contributed by atoms with E-state index in [1.54, 1.807) is 0 Å². The fraction of sp³-hybridized carbons (Fsp3) is 0.800. The fourth-order valence-electron chi connectivity index (χ4n) is 0.343. The van der Waals surface area contributed by atoms with E-state index >= 15 is 0 Å². The largest absolute Gasteiger partial charge is 0.330 e. The normalized spacial score (nSPS) is 9.29. The van der Waals surface area contributed by atoms with Crippen LogP contribution in [0.3, 0.4) is 0 Å². The fourth-order valence-corrected chi connectivity index (χ4v) is 0.677. The van der Waals surface area contributed by atoms with Crippen molar-refractivity contribution in [1.29, 1.82) is 0 Å². The van der Waals surface area contributed by atoms with Crippen LogP contribution < -0.4 is 0 Å². The van der Waals surface area contributed by atoms with Gasteiger partial charge in [0, 0.05) is 5.75 Å². The number of unbranched alkanes of at least 4 members (excludes halogenated alkanes) is 2. The first-order valence-electron chi connectivity index (χ1n) is 2.47. The van der Waals surface area contributed by atoms with Gasteiger partial charge in [0.1, 0.15) is 0 Å². The first kappa shape index (κ1) is 7.18. The Morgan fingerprint density at radius 2 is 2.14 bits per heavy atom. The van der Waals surface area contributed by atoms with Crippen LogP contribution in [0.2, 0.25) is 0 Å². The van der Waals surface area contributed by atoms with E-state index < -0.39 is 0 Å². The van der Waals surface area contributed by atoms with Gasteiger partial charge >= 0.3 is 0 Å². The van der Waals surface area contributed by atoms with E-state index in [0.717, 1.165) is 37.1 Å². The molecule has 0 aliphatic heterocycles. The van der Waals surface area contributed by atoms with E-state index in [2.05, 4.69) is 6.92 Å². The summed E-state index contributed by atoms with van der Waals surface area (Å²) < 4.78 is 8.19. The second-order valence-corrected chi connectivity index (χ2v) is 2.06. The summed E-state index contributed by atoms with van der Waals surface area (Å²) in [4.78, 5) is 0. The molecule has 1 N–H and O–H groups in total. The summed E-state index contributed by atoms with van der Waals surface area (Å²) in [6.45, 7) is 3.67. The maximum absolute atomic E-state index is 8.19. The smallest absolute Gasteiger partial charge is 0.0851 e. The van der Waals surface area contributed by atoms with Crippen LogP contribution in [0.15, 0.2) is 0 Å². The van der Waals surface area contributed by atoms with E-state index in [0.29, 0.717) is 0 Å². The third-order valence-corrected chi connectivity index (χ3v) is 1.21. The highest BCUT2D eigenvalue weighted by atomic mass is 32.2. The van der Waals surface area contributed by atoms with Crippen molar-refractivity contribution in [2.45, 2.75) is 19.3 Å². The lowest BCUT2D eigenvalue weighted by Gasteiger charge is -1.86. The standard InChI is InChI=1S/C5H10OS/c1-2-3-4-5-7-6/h1-5H2/p+1. The third-order valence-electron chi connectivity index (χ3n) is 0.736. The first-order chi connectivity index (χ1) is 3.41. The van der Waals surface area contributed by atoms with E-state index in [9.17, 15) is 0 Å². The molecule has 0 aromatic rings. The second kappa shape index (κ2) is 6.18. The molecule has 2 heteroatoms. The molecule has 0 radical (unpaired) electrons. The van der Waals surface area contributed by atoms with E-state index in [4.69, 9.17) is 4.55 Å². The van der Waals surface area contributed by atoms with Gasteiger partial charge in [0.2, 0.25) is 0 Å². The summed E-state index contributed by atoms with van der Waals surface area (Å²) in [5.74, 6) is 0.857. The lowest BCUT2D eigenvalue weighted by Crippen LogP contribution is -1.75. The first-order valence-corrected chi connectivity index (χ1v) is 3.41. The van der Waals surface area contributed by atoms with Crippen LogP contribution in [0.25, 0.3) is 0 Å². The molecular weight excluding hydrogens is 108 g/mol. The Kier molecular flexibility index (Phi) is 6.34. The minimum Gasteiger partial charge on any atom is -0.330 e. The highest BCUT2D eigenvalue weighted by molar-refractivity contribution is 7.93. The van der Waals surface area contributed by atoms with Gasteiger partial charge in [-0.25, -0.2) is 0 Å².